The van der Waals surface area contributed by atoms with E-state index in [0.29, 0.717) is 23.0 Å². The van der Waals surface area contributed by atoms with Gasteiger partial charge in [-0.1, -0.05) is 36.8 Å². The highest BCUT2D eigenvalue weighted by molar-refractivity contribution is 7.14. The fourth-order valence-corrected chi connectivity index (χ4v) is 5.75. The van der Waals surface area contributed by atoms with Gasteiger partial charge in [0.2, 0.25) is 5.91 Å². The number of nitrogens with one attached hydrogen (secondary N) is 2. The molecule has 0 spiro atoms. The van der Waals surface area contributed by atoms with E-state index in [1.807, 2.05) is 47.8 Å². The highest BCUT2D eigenvalue weighted by Crippen LogP contribution is 2.49. The van der Waals surface area contributed by atoms with Crippen LogP contribution >= 0.6 is 11.3 Å². The number of benzene rings is 2. The zero-order valence-electron chi connectivity index (χ0n) is 17.2. The topological polar surface area (TPSA) is 71.1 Å². The van der Waals surface area contributed by atoms with E-state index in [9.17, 15) is 9.59 Å². The minimum Gasteiger partial charge on any atom is -0.322 e. The Hall–Kier alpha value is -2.99. The van der Waals surface area contributed by atoms with Gasteiger partial charge < -0.3 is 10.6 Å². The molecule has 0 aliphatic heterocycles. The third kappa shape index (κ3) is 4.54. The monoisotopic (exact) mass is 431 g/mol. The summed E-state index contributed by atoms with van der Waals surface area (Å²) in [5.41, 5.74) is 3.12. The number of carbonyl (C=O) groups is 2. The maximum atomic E-state index is 12.5. The van der Waals surface area contributed by atoms with E-state index in [1.54, 1.807) is 12.1 Å². The summed E-state index contributed by atoms with van der Waals surface area (Å²) in [4.78, 5) is 29.3. The third-order valence-electron chi connectivity index (χ3n) is 6.56. The summed E-state index contributed by atoms with van der Waals surface area (Å²) in [7, 11) is 0. The average Bonchev–Trinajstić information content (AvgIpc) is 3.52. The molecule has 2 saturated carbocycles. The van der Waals surface area contributed by atoms with Gasteiger partial charge >= 0.3 is 0 Å². The molecule has 2 aromatic carbocycles. The number of amides is 2. The Morgan fingerprint density at radius 2 is 1.77 bits per heavy atom. The molecule has 0 unspecified atom stereocenters. The molecule has 1 aromatic heterocycles. The lowest BCUT2D eigenvalue weighted by Gasteiger charge is -2.20. The number of fused-ring (bicyclic) bond motifs is 2. The predicted octanol–water partition coefficient (Wildman–Crippen LogP) is 5.83. The van der Waals surface area contributed by atoms with Crippen LogP contribution in [0.4, 0.5) is 10.8 Å². The molecular formula is C25H25N3O2S. The first-order chi connectivity index (χ1) is 15.1. The highest BCUT2D eigenvalue weighted by Gasteiger charge is 2.40. The van der Waals surface area contributed by atoms with Crippen molar-refractivity contribution in [2.75, 3.05) is 10.6 Å². The first-order valence-electron chi connectivity index (χ1n) is 10.9. The maximum Gasteiger partial charge on any atom is 0.255 e. The van der Waals surface area contributed by atoms with Crippen LogP contribution in [-0.4, -0.2) is 16.8 Å². The van der Waals surface area contributed by atoms with Crippen LogP contribution in [-0.2, 0) is 4.79 Å². The molecule has 5 nitrogen and oxygen atoms in total. The molecule has 2 amide bonds. The van der Waals surface area contributed by atoms with Gasteiger partial charge in [0, 0.05) is 28.6 Å². The second-order valence-corrected chi connectivity index (χ2v) is 9.48. The number of hydrogen-bond acceptors (Lipinski definition) is 4. The van der Waals surface area contributed by atoms with Crippen LogP contribution in [0.2, 0.25) is 0 Å². The van der Waals surface area contributed by atoms with Crippen molar-refractivity contribution in [3.05, 3.63) is 65.5 Å². The molecule has 2 aliphatic carbocycles. The van der Waals surface area contributed by atoms with Crippen LogP contribution in [0.25, 0.3) is 11.3 Å². The molecular weight excluding hydrogens is 406 g/mol. The molecule has 2 bridgehead atoms. The SMILES string of the molecule is O=C(C[C@H]1C[C@H]2CC[C@H]1C2)Nc1nc(-c2ccc(NC(=O)c3ccccc3)cc2)cs1. The standard InChI is InChI=1S/C25H25N3O2S/c29-23(14-20-13-16-6-7-19(20)12-16)28-25-27-22(15-31-25)17-8-10-21(11-9-17)26-24(30)18-4-2-1-3-5-18/h1-5,8-11,15-16,19-20H,6-7,12-14H2,(H,26,30)(H,27,28,29)/t16-,19-,20+/m0/s1. The largest absolute Gasteiger partial charge is 0.322 e. The number of nitrogens with zero attached hydrogens (tertiary/aromatic N) is 1. The van der Waals surface area contributed by atoms with E-state index in [0.717, 1.165) is 28.8 Å². The van der Waals surface area contributed by atoms with Gasteiger partial charge in [-0.25, -0.2) is 4.98 Å². The van der Waals surface area contributed by atoms with Gasteiger partial charge in [0.25, 0.3) is 5.91 Å². The van der Waals surface area contributed by atoms with Crippen LogP contribution in [0.5, 0.6) is 0 Å². The molecule has 1 heterocycles. The number of aromatic nitrogens is 1. The molecule has 2 N–H and O–H groups in total. The van der Waals surface area contributed by atoms with Crippen molar-refractivity contribution < 1.29 is 9.59 Å². The molecule has 6 heteroatoms. The Morgan fingerprint density at radius 3 is 2.48 bits per heavy atom. The zero-order chi connectivity index (χ0) is 21.2. The van der Waals surface area contributed by atoms with Gasteiger partial charge in [-0.2, -0.15) is 0 Å². The smallest absolute Gasteiger partial charge is 0.255 e. The summed E-state index contributed by atoms with van der Waals surface area (Å²) in [6, 6.07) is 16.7. The summed E-state index contributed by atoms with van der Waals surface area (Å²) in [6.07, 6.45) is 5.81. The fourth-order valence-electron chi connectivity index (χ4n) is 5.02. The van der Waals surface area contributed by atoms with Crippen LogP contribution < -0.4 is 10.6 Å². The highest BCUT2D eigenvalue weighted by atomic mass is 32.1. The summed E-state index contributed by atoms with van der Waals surface area (Å²) in [5, 5.41) is 8.48. The molecule has 0 saturated heterocycles. The molecule has 2 fully saturated rings. The number of anilines is 2. The van der Waals surface area contributed by atoms with Crippen LogP contribution in [0.3, 0.4) is 0 Å². The Balaban J connectivity index is 1.17. The molecule has 2 aliphatic rings. The fraction of sp³-hybridized carbons (Fsp3) is 0.320. The van der Waals surface area contributed by atoms with Crippen molar-refractivity contribution in [3.8, 4) is 11.3 Å². The number of hydrogen-bond donors (Lipinski definition) is 2. The third-order valence-corrected chi connectivity index (χ3v) is 7.31. The van der Waals surface area contributed by atoms with Gasteiger partial charge in [-0.3, -0.25) is 9.59 Å². The Bertz CT molecular complexity index is 1080. The van der Waals surface area contributed by atoms with E-state index < -0.39 is 0 Å². The first-order valence-corrected chi connectivity index (χ1v) is 11.7. The summed E-state index contributed by atoms with van der Waals surface area (Å²) in [6.45, 7) is 0. The van der Waals surface area contributed by atoms with Gasteiger partial charge in [-0.15, -0.1) is 11.3 Å². The first kappa shape index (κ1) is 19.9. The van der Waals surface area contributed by atoms with Gasteiger partial charge in [0.05, 0.1) is 5.69 Å². The van der Waals surface area contributed by atoms with E-state index in [-0.39, 0.29) is 11.8 Å². The molecule has 3 aromatic rings. The molecule has 0 radical (unpaired) electrons. The molecule has 158 valence electrons. The molecule has 31 heavy (non-hydrogen) atoms. The van der Waals surface area contributed by atoms with Gasteiger partial charge in [0.1, 0.15) is 0 Å². The van der Waals surface area contributed by atoms with E-state index >= 15 is 0 Å². The van der Waals surface area contributed by atoms with Crippen molar-refractivity contribution in [1.29, 1.82) is 0 Å². The van der Waals surface area contributed by atoms with E-state index in [2.05, 4.69) is 15.6 Å². The zero-order valence-corrected chi connectivity index (χ0v) is 18.0. The van der Waals surface area contributed by atoms with Crippen molar-refractivity contribution >= 4 is 34.0 Å². The Morgan fingerprint density at radius 1 is 0.968 bits per heavy atom. The Kier molecular flexibility index (Phi) is 5.55. The van der Waals surface area contributed by atoms with E-state index in [1.165, 1.54) is 37.0 Å². The minimum absolute atomic E-state index is 0.0809. The number of carbonyl (C=O) groups excluding carboxylic acids is 2. The average molecular weight is 432 g/mol. The van der Waals surface area contributed by atoms with Gasteiger partial charge in [-0.05, 0) is 61.3 Å². The molecule has 3 atom stereocenters. The molecule has 5 rings (SSSR count). The second-order valence-electron chi connectivity index (χ2n) is 8.62. The van der Waals surface area contributed by atoms with E-state index in [4.69, 9.17) is 0 Å². The van der Waals surface area contributed by atoms with Crippen molar-refractivity contribution in [1.82, 2.24) is 4.98 Å². The lowest BCUT2D eigenvalue weighted by molar-refractivity contribution is -0.117. The van der Waals surface area contributed by atoms with Crippen LogP contribution in [0.1, 0.15) is 42.5 Å². The normalized spacial score (nSPS) is 21.7. The van der Waals surface area contributed by atoms with Crippen LogP contribution in [0.15, 0.2) is 60.0 Å². The lowest BCUT2D eigenvalue weighted by Crippen LogP contribution is -2.20. The van der Waals surface area contributed by atoms with Crippen LogP contribution in [0, 0.1) is 17.8 Å². The minimum atomic E-state index is -0.137. The van der Waals surface area contributed by atoms with Crippen molar-refractivity contribution in [3.63, 3.8) is 0 Å². The lowest BCUT2D eigenvalue weighted by atomic mass is 9.86. The number of thiazole rings is 1. The quantitative estimate of drug-likeness (QED) is 0.516. The Labute approximate surface area is 185 Å². The van der Waals surface area contributed by atoms with Crippen molar-refractivity contribution in [2.45, 2.75) is 32.1 Å². The maximum absolute atomic E-state index is 12.5. The number of rotatable bonds is 6. The van der Waals surface area contributed by atoms with Gasteiger partial charge in [0.15, 0.2) is 5.13 Å². The summed E-state index contributed by atoms with van der Waals surface area (Å²) in [5.74, 6) is 2.11. The predicted molar refractivity (Wildman–Crippen MR) is 124 cm³/mol. The van der Waals surface area contributed by atoms with Crippen molar-refractivity contribution in [2.24, 2.45) is 17.8 Å². The second kappa shape index (κ2) is 8.63. The summed E-state index contributed by atoms with van der Waals surface area (Å²) < 4.78 is 0. The summed E-state index contributed by atoms with van der Waals surface area (Å²) >= 11 is 1.45.